The van der Waals surface area contributed by atoms with Gasteiger partial charge in [0.2, 0.25) is 0 Å². The third-order valence-corrected chi connectivity index (χ3v) is 2.29. The Morgan fingerprint density at radius 1 is 1.50 bits per heavy atom. The van der Waals surface area contributed by atoms with Gasteiger partial charge in [0.1, 0.15) is 10.3 Å². The van der Waals surface area contributed by atoms with E-state index in [9.17, 15) is 0 Å². The van der Waals surface area contributed by atoms with Crippen LogP contribution in [0.5, 0.6) is 0 Å². The van der Waals surface area contributed by atoms with E-state index in [0.717, 1.165) is 16.7 Å². The van der Waals surface area contributed by atoms with E-state index in [1.807, 2.05) is 18.3 Å². The number of rotatable bonds is 1. The number of aryl methyl sites for hydroxylation is 1. The lowest BCUT2D eigenvalue weighted by molar-refractivity contribution is 0.979. The van der Waals surface area contributed by atoms with Crippen LogP contribution in [0, 0.1) is 0 Å². The van der Waals surface area contributed by atoms with Gasteiger partial charge in [-0.25, -0.2) is 4.98 Å². The maximum Gasteiger partial charge on any atom is 0.138 e. The third-order valence-electron chi connectivity index (χ3n) is 1.91. The van der Waals surface area contributed by atoms with Crippen molar-refractivity contribution in [3.63, 3.8) is 0 Å². The van der Waals surface area contributed by atoms with Crippen LogP contribution in [0.3, 0.4) is 0 Å². The Bertz CT molecular complexity index is 406. The molecule has 2 aromatic heterocycles. The van der Waals surface area contributed by atoms with Crippen molar-refractivity contribution < 1.29 is 0 Å². The summed E-state index contributed by atoms with van der Waals surface area (Å²) in [7, 11) is 0. The zero-order valence-corrected chi connectivity index (χ0v) is 8.37. The number of pyridine rings is 1. The smallest absolute Gasteiger partial charge is 0.138 e. The molecule has 0 amide bonds. The summed E-state index contributed by atoms with van der Waals surface area (Å²) in [5.41, 5.74) is 2.28. The Kier molecular flexibility index (Phi) is 1.89. The van der Waals surface area contributed by atoms with Crippen molar-refractivity contribution in [1.82, 2.24) is 9.38 Å². The van der Waals surface area contributed by atoms with Crippen LogP contribution in [-0.2, 0) is 6.42 Å². The lowest BCUT2D eigenvalue weighted by Gasteiger charge is -1.99. The molecular formula is C9H9BrN2. The highest BCUT2D eigenvalue weighted by Crippen LogP contribution is 2.13. The van der Waals surface area contributed by atoms with Crippen molar-refractivity contribution in [3.8, 4) is 0 Å². The van der Waals surface area contributed by atoms with Gasteiger partial charge >= 0.3 is 0 Å². The summed E-state index contributed by atoms with van der Waals surface area (Å²) in [5.74, 6) is 0. The van der Waals surface area contributed by atoms with Crippen molar-refractivity contribution in [2.24, 2.45) is 0 Å². The normalized spacial score (nSPS) is 10.8. The van der Waals surface area contributed by atoms with Gasteiger partial charge in [-0.15, -0.1) is 0 Å². The van der Waals surface area contributed by atoms with E-state index in [0.29, 0.717) is 0 Å². The zero-order valence-electron chi connectivity index (χ0n) is 6.79. The van der Waals surface area contributed by atoms with E-state index >= 15 is 0 Å². The number of hydrogen-bond acceptors (Lipinski definition) is 1. The summed E-state index contributed by atoms with van der Waals surface area (Å²) >= 11 is 3.36. The summed E-state index contributed by atoms with van der Waals surface area (Å²) in [5, 5.41) is 0. The summed E-state index contributed by atoms with van der Waals surface area (Å²) in [6.45, 7) is 2.14. The average Bonchev–Trinajstić information content (AvgIpc) is 2.44. The van der Waals surface area contributed by atoms with Gasteiger partial charge in [0.15, 0.2) is 0 Å². The monoisotopic (exact) mass is 224 g/mol. The van der Waals surface area contributed by atoms with Gasteiger partial charge in [-0.1, -0.05) is 13.0 Å². The lowest BCUT2D eigenvalue weighted by Crippen LogP contribution is -1.92. The lowest BCUT2D eigenvalue weighted by atomic mass is 10.3. The minimum atomic E-state index is 0.892. The van der Waals surface area contributed by atoms with Crippen molar-refractivity contribution in [3.05, 3.63) is 34.7 Å². The van der Waals surface area contributed by atoms with Crippen LogP contribution in [0.2, 0.25) is 0 Å². The summed E-state index contributed by atoms with van der Waals surface area (Å²) < 4.78 is 2.99. The molecule has 0 aliphatic carbocycles. The second-order valence-electron chi connectivity index (χ2n) is 2.66. The SMILES string of the molecule is CCc1cccc2nc(Br)cn12. The number of fused-ring (bicyclic) bond motifs is 1. The molecule has 0 fully saturated rings. The first kappa shape index (κ1) is 7.80. The molecule has 0 aromatic carbocycles. The topological polar surface area (TPSA) is 17.3 Å². The standard InChI is InChI=1S/C9H9BrN2/c1-2-7-4-3-5-9-11-8(10)6-12(7)9/h3-6H,2H2,1H3. The molecule has 0 aliphatic heterocycles. The average molecular weight is 225 g/mol. The molecule has 2 aromatic rings. The van der Waals surface area contributed by atoms with Gasteiger partial charge in [-0.05, 0) is 34.5 Å². The van der Waals surface area contributed by atoms with E-state index in [1.54, 1.807) is 0 Å². The first-order valence-electron chi connectivity index (χ1n) is 3.93. The van der Waals surface area contributed by atoms with Crippen molar-refractivity contribution in [2.75, 3.05) is 0 Å². The first-order chi connectivity index (χ1) is 5.81. The minimum absolute atomic E-state index is 0.892. The van der Waals surface area contributed by atoms with Crippen molar-refractivity contribution >= 4 is 21.6 Å². The maximum atomic E-state index is 4.30. The van der Waals surface area contributed by atoms with E-state index in [1.165, 1.54) is 5.69 Å². The second-order valence-corrected chi connectivity index (χ2v) is 3.47. The molecule has 0 unspecified atom stereocenters. The molecule has 0 N–H and O–H groups in total. The number of nitrogens with zero attached hydrogens (tertiary/aromatic N) is 2. The molecule has 3 heteroatoms. The molecule has 0 aliphatic rings. The number of imidazole rings is 1. The molecule has 12 heavy (non-hydrogen) atoms. The van der Waals surface area contributed by atoms with Crippen molar-refractivity contribution in [2.45, 2.75) is 13.3 Å². The van der Waals surface area contributed by atoms with Crippen LogP contribution in [0.15, 0.2) is 29.0 Å². The highest BCUT2D eigenvalue weighted by atomic mass is 79.9. The summed E-state index contributed by atoms with van der Waals surface area (Å²) in [6, 6.07) is 6.15. The predicted octanol–water partition coefficient (Wildman–Crippen LogP) is 2.66. The third kappa shape index (κ3) is 1.14. The molecule has 0 radical (unpaired) electrons. The fraction of sp³-hybridized carbons (Fsp3) is 0.222. The largest absolute Gasteiger partial charge is 0.303 e. The molecule has 2 nitrogen and oxygen atoms in total. The molecule has 2 heterocycles. The van der Waals surface area contributed by atoms with Crippen LogP contribution in [-0.4, -0.2) is 9.38 Å². The first-order valence-corrected chi connectivity index (χ1v) is 4.73. The molecule has 0 saturated heterocycles. The van der Waals surface area contributed by atoms with Crippen LogP contribution < -0.4 is 0 Å². The molecule has 0 saturated carbocycles. The van der Waals surface area contributed by atoms with Crippen LogP contribution in [0.25, 0.3) is 5.65 Å². The van der Waals surface area contributed by atoms with Gasteiger partial charge in [0.25, 0.3) is 0 Å². The molecule has 0 bridgehead atoms. The van der Waals surface area contributed by atoms with E-state index in [-0.39, 0.29) is 0 Å². The molecule has 62 valence electrons. The van der Waals surface area contributed by atoms with Crippen LogP contribution in [0.4, 0.5) is 0 Å². The fourth-order valence-corrected chi connectivity index (χ4v) is 1.71. The minimum Gasteiger partial charge on any atom is -0.303 e. The predicted molar refractivity (Wildman–Crippen MR) is 52.3 cm³/mol. The highest BCUT2D eigenvalue weighted by molar-refractivity contribution is 9.10. The Hall–Kier alpha value is -0.830. The maximum absolute atomic E-state index is 4.30. The number of halogens is 1. The van der Waals surface area contributed by atoms with E-state index < -0.39 is 0 Å². The van der Waals surface area contributed by atoms with Crippen LogP contribution >= 0.6 is 15.9 Å². The fourth-order valence-electron chi connectivity index (χ4n) is 1.33. The Balaban J connectivity index is 2.78. The Morgan fingerprint density at radius 2 is 2.33 bits per heavy atom. The van der Waals surface area contributed by atoms with Gasteiger partial charge < -0.3 is 4.40 Å². The van der Waals surface area contributed by atoms with Gasteiger partial charge in [0, 0.05) is 11.9 Å². The van der Waals surface area contributed by atoms with Gasteiger partial charge in [-0.2, -0.15) is 0 Å². The molecule has 2 rings (SSSR count). The number of hydrogen-bond donors (Lipinski definition) is 0. The van der Waals surface area contributed by atoms with Crippen LogP contribution in [0.1, 0.15) is 12.6 Å². The Labute approximate surface area is 79.4 Å². The Morgan fingerprint density at radius 3 is 3.08 bits per heavy atom. The summed E-state index contributed by atoms with van der Waals surface area (Å²) in [6.07, 6.45) is 3.02. The van der Waals surface area contributed by atoms with E-state index in [2.05, 4.69) is 38.3 Å². The van der Waals surface area contributed by atoms with E-state index in [4.69, 9.17) is 0 Å². The van der Waals surface area contributed by atoms with Gasteiger partial charge in [0.05, 0.1) is 0 Å². The zero-order chi connectivity index (χ0) is 8.55. The quantitative estimate of drug-likeness (QED) is 0.729. The second kappa shape index (κ2) is 2.90. The summed E-state index contributed by atoms with van der Waals surface area (Å²) in [4.78, 5) is 4.30. The molecular weight excluding hydrogens is 216 g/mol. The molecule has 0 spiro atoms. The highest BCUT2D eigenvalue weighted by Gasteiger charge is 2.00. The number of aromatic nitrogens is 2. The van der Waals surface area contributed by atoms with Gasteiger partial charge in [-0.3, -0.25) is 0 Å². The van der Waals surface area contributed by atoms with Crippen molar-refractivity contribution in [1.29, 1.82) is 0 Å². The molecule has 0 atom stereocenters.